The number of ether oxygens (including phenoxy) is 2. The van der Waals surface area contributed by atoms with Gasteiger partial charge in [-0.15, -0.1) is 0 Å². The van der Waals surface area contributed by atoms with Gasteiger partial charge in [0.25, 0.3) is 0 Å². The topological polar surface area (TPSA) is 71.0 Å². The van der Waals surface area contributed by atoms with Crippen LogP contribution in [0.3, 0.4) is 0 Å². The van der Waals surface area contributed by atoms with E-state index in [1.807, 2.05) is 30.3 Å². The van der Waals surface area contributed by atoms with E-state index in [0.717, 1.165) is 31.1 Å². The van der Waals surface area contributed by atoms with Gasteiger partial charge in [-0.25, -0.2) is 4.79 Å². The fourth-order valence-electron chi connectivity index (χ4n) is 3.23. The molecule has 1 aliphatic rings. The van der Waals surface area contributed by atoms with Crippen molar-refractivity contribution in [1.29, 1.82) is 0 Å². The van der Waals surface area contributed by atoms with Gasteiger partial charge in [-0.2, -0.15) is 0 Å². The van der Waals surface area contributed by atoms with Gasteiger partial charge >= 0.3 is 5.97 Å². The minimum atomic E-state index is -0.905. The van der Waals surface area contributed by atoms with Gasteiger partial charge in [-0.3, -0.25) is 0 Å². The van der Waals surface area contributed by atoms with E-state index in [1.54, 1.807) is 19.2 Å². The molecule has 27 heavy (non-hydrogen) atoms. The van der Waals surface area contributed by atoms with Gasteiger partial charge in [0.05, 0.1) is 25.4 Å². The number of hydrogen-bond donors (Lipinski definition) is 2. The molecule has 1 aliphatic heterocycles. The molecule has 2 atom stereocenters. The van der Waals surface area contributed by atoms with Crippen molar-refractivity contribution in [3.05, 3.63) is 59.7 Å². The zero-order valence-electron chi connectivity index (χ0n) is 15.7. The van der Waals surface area contributed by atoms with Crippen molar-refractivity contribution < 1.29 is 19.4 Å². The van der Waals surface area contributed by atoms with E-state index in [9.17, 15) is 4.79 Å². The third-order valence-electron chi connectivity index (χ3n) is 4.86. The number of methoxy groups -OCH3 is 1. The molecular weight excluding hydrogens is 344 g/mol. The first-order valence-electron chi connectivity index (χ1n) is 9.14. The Morgan fingerprint density at radius 2 is 2.11 bits per heavy atom. The molecule has 0 radical (unpaired) electrons. The number of carbonyl (C=O) groups is 1. The summed E-state index contributed by atoms with van der Waals surface area (Å²) in [6.07, 6.45) is 0.0750. The van der Waals surface area contributed by atoms with Crippen LogP contribution in [-0.4, -0.2) is 50.5 Å². The molecule has 1 unspecified atom stereocenters. The van der Waals surface area contributed by atoms with Crippen LogP contribution in [0.25, 0.3) is 0 Å². The van der Waals surface area contributed by atoms with Crippen molar-refractivity contribution in [2.45, 2.75) is 19.1 Å². The summed E-state index contributed by atoms with van der Waals surface area (Å²) in [7, 11) is 1.67. The Labute approximate surface area is 159 Å². The van der Waals surface area contributed by atoms with Crippen LogP contribution in [0.15, 0.2) is 48.5 Å². The second-order valence-corrected chi connectivity index (χ2v) is 6.70. The minimum Gasteiger partial charge on any atom is -0.497 e. The lowest BCUT2D eigenvalue weighted by molar-refractivity contribution is 0.0394. The maximum absolute atomic E-state index is 11.0. The summed E-state index contributed by atoms with van der Waals surface area (Å²) < 4.78 is 11.2. The summed E-state index contributed by atoms with van der Waals surface area (Å²) >= 11 is 0. The van der Waals surface area contributed by atoms with Gasteiger partial charge in [0.1, 0.15) is 5.75 Å². The SMILES string of the molecule is COc1cccc([C@@H](C)NCC2CN(c3ccc(C(=O)O)cc3)CCO2)c1. The Morgan fingerprint density at radius 1 is 1.33 bits per heavy atom. The second-order valence-electron chi connectivity index (χ2n) is 6.70. The lowest BCUT2D eigenvalue weighted by Crippen LogP contribution is -2.47. The Kier molecular flexibility index (Phi) is 6.32. The van der Waals surface area contributed by atoms with E-state index in [4.69, 9.17) is 14.6 Å². The molecule has 0 bridgehead atoms. The average Bonchev–Trinajstić information content (AvgIpc) is 2.72. The van der Waals surface area contributed by atoms with Crippen molar-refractivity contribution in [2.75, 3.05) is 38.3 Å². The molecule has 2 aromatic carbocycles. The van der Waals surface area contributed by atoms with E-state index in [-0.39, 0.29) is 12.1 Å². The quantitative estimate of drug-likeness (QED) is 0.781. The zero-order chi connectivity index (χ0) is 19.2. The number of carboxylic acid groups (broad SMARTS) is 1. The van der Waals surface area contributed by atoms with Crippen LogP contribution in [0.4, 0.5) is 5.69 Å². The van der Waals surface area contributed by atoms with E-state index < -0.39 is 5.97 Å². The monoisotopic (exact) mass is 370 g/mol. The standard InChI is InChI=1S/C21H26N2O4/c1-15(17-4-3-5-19(12-17)26-2)22-13-20-14-23(10-11-27-20)18-8-6-16(7-9-18)21(24)25/h3-9,12,15,20,22H,10-11,13-14H2,1-2H3,(H,24,25)/t15-,20?/m1/s1. The predicted molar refractivity (Wildman–Crippen MR) is 105 cm³/mol. The van der Waals surface area contributed by atoms with Crippen LogP contribution in [0.2, 0.25) is 0 Å². The molecule has 2 N–H and O–H groups in total. The predicted octanol–water partition coefficient (Wildman–Crippen LogP) is 2.95. The fourth-order valence-corrected chi connectivity index (χ4v) is 3.23. The molecule has 1 heterocycles. The molecular formula is C21H26N2O4. The third-order valence-corrected chi connectivity index (χ3v) is 4.86. The molecule has 3 rings (SSSR count). The summed E-state index contributed by atoms with van der Waals surface area (Å²) in [4.78, 5) is 13.2. The Balaban J connectivity index is 1.55. The van der Waals surface area contributed by atoms with Crippen LogP contribution in [-0.2, 0) is 4.74 Å². The number of anilines is 1. The van der Waals surface area contributed by atoms with Crippen LogP contribution < -0.4 is 15.0 Å². The van der Waals surface area contributed by atoms with Crippen LogP contribution >= 0.6 is 0 Å². The number of carboxylic acids is 1. The lowest BCUT2D eigenvalue weighted by Gasteiger charge is -2.35. The first-order chi connectivity index (χ1) is 13.1. The van der Waals surface area contributed by atoms with Crippen molar-refractivity contribution in [3.63, 3.8) is 0 Å². The Morgan fingerprint density at radius 3 is 2.81 bits per heavy atom. The first-order valence-corrected chi connectivity index (χ1v) is 9.14. The summed E-state index contributed by atoms with van der Waals surface area (Å²) in [6, 6.07) is 15.2. The third kappa shape index (κ3) is 4.99. The molecule has 2 aromatic rings. The van der Waals surface area contributed by atoms with E-state index in [1.165, 1.54) is 5.56 Å². The largest absolute Gasteiger partial charge is 0.497 e. The highest BCUT2D eigenvalue weighted by Gasteiger charge is 2.21. The fraction of sp³-hybridized carbons (Fsp3) is 0.381. The van der Waals surface area contributed by atoms with Gasteiger partial charge in [0.2, 0.25) is 0 Å². The van der Waals surface area contributed by atoms with Crippen molar-refractivity contribution in [1.82, 2.24) is 5.32 Å². The van der Waals surface area contributed by atoms with Crippen LogP contribution in [0, 0.1) is 0 Å². The highest BCUT2D eigenvalue weighted by molar-refractivity contribution is 5.88. The molecule has 0 aliphatic carbocycles. The normalized spacial score (nSPS) is 18.1. The highest BCUT2D eigenvalue weighted by atomic mass is 16.5. The van der Waals surface area contributed by atoms with Crippen molar-refractivity contribution in [3.8, 4) is 5.75 Å². The van der Waals surface area contributed by atoms with Crippen LogP contribution in [0.1, 0.15) is 28.9 Å². The van der Waals surface area contributed by atoms with Gasteiger partial charge in [-0.05, 0) is 48.9 Å². The number of nitrogens with zero attached hydrogens (tertiary/aromatic N) is 1. The highest BCUT2D eigenvalue weighted by Crippen LogP contribution is 2.21. The van der Waals surface area contributed by atoms with E-state index in [2.05, 4.69) is 23.2 Å². The second kappa shape index (κ2) is 8.88. The van der Waals surface area contributed by atoms with Gasteiger partial charge in [0, 0.05) is 31.4 Å². The molecule has 1 saturated heterocycles. The number of benzene rings is 2. The average molecular weight is 370 g/mol. The summed E-state index contributed by atoms with van der Waals surface area (Å²) in [5, 5.41) is 12.6. The minimum absolute atomic E-state index is 0.0750. The molecule has 144 valence electrons. The lowest BCUT2D eigenvalue weighted by atomic mass is 10.1. The number of hydrogen-bond acceptors (Lipinski definition) is 5. The maximum atomic E-state index is 11.0. The number of rotatable bonds is 7. The van der Waals surface area contributed by atoms with E-state index in [0.29, 0.717) is 12.2 Å². The van der Waals surface area contributed by atoms with Crippen molar-refractivity contribution in [2.24, 2.45) is 0 Å². The number of morpholine rings is 1. The van der Waals surface area contributed by atoms with E-state index >= 15 is 0 Å². The van der Waals surface area contributed by atoms with Gasteiger partial charge in [-0.1, -0.05) is 12.1 Å². The Hall–Kier alpha value is -2.57. The van der Waals surface area contributed by atoms with Crippen molar-refractivity contribution >= 4 is 11.7 Å². The summed E-state index contributed by atoms with van der Waals surface area (Å²) in [5.74, 6) is -0.0526. The van der Waals surface area contributed by atoms with Gasteiger partial charge in [0.15, 0.2) is 0 Å². The number of aromatic carboxylic acids is 1. The van der Waals surface area contributed by atoms with Crippen LogP contribution in [0.5, 0.6) is 5.75 Å². The molecule has 6 nitrogen and oxygen atoms in total. The zero-order valence-corrected chi connectivity index (χ0v) is 15.7. The smallest absolute Gasteiger partial charge is 0.335 e. The molecule has 0 aromatic heterocycles. The number of nitrogens with one attached hydrogen (secondary N) is 1. The van der Waals surface area contributed by atoms with Gasteiger partial charge < -0.3 is 24.8 Å². The molecule has 6 heteroatoms. The Bertz CT molecular complexity index is 763. The molecule has 0 spiro atoms. The molecule has 0 amide bonds. The molecule has 0 saturated carbocycles. The summed E-state index contributed by atoms with van der Waals surface area (Å²) in [5.41, 5.74) is 2.50. The summed E-state index contributed by atoms with van der Waals surface area (Å²) in [6.45, 7) is 5.08. The molecule has 1 fully saturated rings. The maximum Gasteiger partial charge on any atom is 0.335 e. The first kappa shape index (κ1) is 19.2.